The highest BCUT2D eigenvalue weighted by Crippen LogP contribution is 2.40. The number of nitrogens with zero attached hydrogens (tertiary/aromatic N) is 1. The van der Waals surface area contributed by atoms with Crippen LogP contribution in [-0.2, 0) is 9.84 Å². The van der Waals surface area contributed by atoms with Crippen LogP contribution in [0.15, 0.2) is 30.0 Å². The zero-order valence-electron chi connectivity index (χ0n) is 12.5. The van der Waals surface area contributed by atoms with E-state index in [0.717, 1.165) is 24.2 Å². The van der Waals surface area contributed by atoms with E-state index < -0.39 is 13.7 Å². The number of nitriles is 1. The van der Waals surface area contributed by atoms with Crippen LogP contribution in [0.25, 0.3) is 0 Å². The van der Waals surface area contributed by atoms with Crippen molar-refractivity contribution < 1.29 is 4.43 Å². The van der Waals surface area contributed by atoms with Gasteiger partial charge in [-0.05, 0) is 56.3 Å². The zero-order chi connectivity index (χ0) is 15.7. The van der Waals surface area contributed by atoms with Gasteiger partial charge < -0.3 is 4.43 Å². The van der Waals surface area contributed by atoms with E-state index in [-0.39, 0.29) is 0 Å². The van der Waals surface area contributed by atoms with E-state index in [4.69, 9.17) is 27.6 Å². The van der Waals surface area contributed by atoms with E-state index in [9.17, 15) is 5.26 Å². The lowest BCUT2D eigenvalue weighted by Gasteiger charge is -2.33. The second-order valence-corrected chi connectivity index (χ2v) is 11.7. The van der Waals surface area contributed by atoms with E-state index in [1.807, 2.05) is 12.1 Å². The number of allylic oxidation sites excluding steroid dienone is 2. The summed E-state index contributed by atoms with van der Waals surface area (Å²) in [7, 11) is -1.59. The molecule has 1 aliphatic carbocycles. The molecule has 112 valence electrons. The third kappa shape index (κ3) is 3.82. The monoisotopic (exact) mass is 339 g/mol. The molecule has 1 aliphatic rings. The Morgan fingerprint density at radius 3 is 2.43 bits per heavy atom. The van der Waals surface area contributed by atoms with Crippen LogP contribution in [0, 0.1) is 11.3 Å². The standard InChI is InChI=1S/C16H19Cl2NOSi/c1-21(2,3)20-13-6-8-16(11-19,9-7-13)12-4-5-14(17)15(18)10-12/h4-6,10H,7-9H2,1-3H3. The van der Waals surface area contributed by atoms with Gasteiger partial charge in [-0.15, -0.1) is 0 Å². The molecule has 0 N–H and O–H groups in total. The van der Waals surface area contributed by atoms with Crippen molar-refractivity contribution in [3.63, 3.8) is 0 Å². The maximum atomic E-state index is 9.69. The number of rotatable bonds is 3. The van der Waals surface area contributed by atoms with E-state index in [1.165, 1.54) is 0 Å². The molecule has 1 unspecified atom stereocenters. The van der Waals surface area contributed by atoms with Crippen LogP contribution in [0.1, 0.15) is 24.8 Å². The first-order chi connectivity index (χ1) is 9.76. The Hall–Kier alpha value is -0.953. The molecule has 0 aliphatic heterocycles. The van der Waals surface area contributed by atoms with Crippen LogP contribution in [0.2, 0.25) is 29.7 Å². The summed E-state index contributed by atoms with van der Waals surface area (Å²) in [5, 5.41) is 10.7. The summed E-state index contributed by atoms with van der Waals surface area (Å²) in [6.07, 6.45) is 4.25. The van der Waals surface area contributed by atoms with Gasteiger partial charge in [0.25, 0.3) is 0 Å². The molecule has 21 heavy (non-hydrogen) atoms. The lowest BCUT2D eigenvalue weighted by Crippen LogP contribution is -2.30. The van der Waals surface area contributed by atoms with E-state index in [2.05, 4.69) is 31.8 Å². The number of hydrogen-bond donors (Lipinski definition) is 0. The van der Waals surface area contributed by atoms with Gasteiger partial charge in [0, 0.05) is 6.42 Å². The Morgan fingerprint density at radius 2 is 1.95 bits per heavy atom. The molecule has 1 aromatic carbocycles. The molecule has 1 aromatic rings. The summed E-state index contributed by atoms with van der Waals surface area (Å²) in [6.45, 7) is 6.50. The van der Waals surface area contributed by atoms with Crippen molar-refractivity contribution in [2.45, 2.75) is 44.3 Å². The minimum Gasteiger partial charge on any atom is -0.548 e. The average Bonchev–Trinajstić information content (AvgIpc) is 2.41. The van der Waals surface area contributed by atoms with E-state index in [1.54, 1.807) is 6.07 Å². The molecule has 0 aromatic heterocycles. The van der Waals surface area contributed by atoms with Crippen molar-refractivity contribution >= 4 is 31.5 Å². The van der Waals surface area contributed by atoms with Crippen molar-refractivity contribution in [2.75, 3.05) is 0 Å². The van der Waals surface area contributed by atoms with Gasteiger partial charge in [0.2, 0.25) is 8.32 Å². The quantitative estimate of drug-likeness (QED) is 0.664. The maximum Gasteiger partial charge on any atom is 0.241 e. The van der Waals surface area contributed by atoms with Gasteiger partial charge in [0.15, 0.2) is 0 Å². The smallest absolute Gasteiger partial charge is 0.241 e. The molecule has 1 atom stereocenters. The van der Waals surface area contributed by atoms with E-state index in [0.29, 0.717) is 16.5 Å². The first-order valence-corrected chi connectivity index (χ1v) is 11.2. The molecule has 0 radical (unpaired) electrons. The predicted octanol–water partition coefficient (Wildman–Crippen LogP) is 5.67. The van der Waals surface area contributed by atoms with Crippen LogP contribution >= 0.6 is 23.2 Å². The van der Waals surface area contributed by atoms with Crippen molar-refractivity contribution in [2.24, 2.45) is 0 Å². The summed E-state index contributed by atoms with van der Waals surface area (Å²) in [5.74, 6) is 1.03. The highest BCUT2D eigenvalue weighted by molar-refractivity contribution is 6.70. The third-order valence-electron chi connectivity index (χ3n) is 3.60. The fourth-order valence-corrected chi connectivity index (χ4v) is 3.81. The molecule has 0 spiro atoms. The summed E-state index contributed by atoms with van der Waals surface area (Å²) >= 11 is 12.1. The predicted molar refractivity (Wildman–Crippen MR) is 90.1 cm³/mol. The molecule has 0 amide bonds. The second-order valence-electron chi connectivity index (χ2n) is 6.41. The van der Waals surface area contributed by atoms with Crippen LogP contribution in [0.4, 0.5) is 0 Å². The molecule has 2 rings (SSSR count). The molecule has 0 heterocycles. The van der Waals surface area contributed by atoms with Gasteiger partial charge >= 0.3 is 0 Å². The molecule has 0 saturated heterocycles. The fraction of sp³-hybridized carbons (Fsp3) is 0.438. The summed E-state index contributed by atoms with van der Waals surface area (Å²) < 4.78 is 6.04. The third-order valence-corrected chi connectivity index (χ3v) is 5.21. The number of halogens is 2. The van der Waals surface area contributed by atoms with Crippen molar-refractivity contribution in [3.8, 4) is 6.07 Å². The molecular formula is C16H19Cl2NOSi. The normalized spacial score (nSPS) is 22.4. The minimum atomic E-state index is -1.59. The van der Waals surface area contributed by atoms with Gasteiger partial charge in [-0.3, -0.25) is 0 Å². The minimum absolute atomic E-state index is 0.497. The average molecular weight is 340 g/mol. The Balaban J connectivity index is 2.26. The molecular weight excluding hydrogens is 321 g/mol. The second kappa shape index (κ2) is 6.04. The first kappa shape index (κ1) is 16.4. The number of hydrogen-bond acceptors (Lipinski definition) is 2. The maximum absolute atomic E-state index is 9.69. The molecule has 5 heteroatoms. The molecule has 0 saturated carbocycles. The SMILES string of the molecule is C[Si](C)(C)OC1=CCC(C#N)(c2ccc(Cl)c(Cl)c2)CC1. The Morgan fingerprint density at radius 1 is 1.24 bits per heavy atom. The van der Waals surface area contributed by atoms with Gasteiger partial charge in [-0.1, -0.05) is 29.3 Å². The fourth-order valence-electron chi connectivity index (χ4n) is 2.54. The van der Waals surface area contributed by atoms with Gasteiger partial charge in [0.1, 0.15) is 0 Å². The summed E-state index contributed by atoms with van der Waals surface area (Å²) in [4.78, 5) is 0. The van der Waals surface area contributed by atoms with Crippen LogP contribution in [0.5, 0.6) is 0 Å². The van der Waals surface area contributed by atoms with E-state index >= 15 is 0 Å². The largest absolute Gasteiger partial charge is 0.548 e. The van der Waals surface area contributed by atoms with Crippen LogP contribution in [-0.4, -0.2) is 8.32 Å². The number of benzene rings is 1. The molecule has 2 nitrogen and oxygen atoms in total. The Kier molecular flexibility index (Phi) is 4.72. The van der Waals surface area contributed by atoms with Crippen molar-refractivity contribution in [3.05, 3.63) is 45.6 Å². The van der Waals surface area contributed by atoms with Gasteiger partial charge in [-0.25, -0.2) is 0 Å². The van der Waals surface area contributed by atoms with Crippen molar-refractivity contribution in [1.82, 2.24) is 0 Å². The molecule has 0 bridgehead atoms. The summed E-state index contributed by atoms with van der Waals surface area (Å²) in [6, 6.07) is 7.94. The van der Waals surface area contributed by atoms with Crippen molar-refractivity contribution in [1.29, 1.82) is 5.26 Å². The highest BCUT2D eigenvalue weighted by atomic mass is 35.5. The topological polar surface area (TPSA) is 33.0 Å². The zero-order valence-corrected chi connectivity index (χ0v) is 15.1. The van der Waals surface area contributed by atoms with Gasteiger partial charge in [-0.2, -0.15) is 5.26 Å². The Labute approximate surface area is 137 Å². The summed E-state index contributed by atoms with van der Waals surface area (Å²) in [5.41, 5.74) is 0.406. The molecule has 0 fully saturated rings. The highest BCUT2D eigenvalue weighted by Gasteiger charge is 2.35. The van der Waals surface area contributed by atoms with Crippen LogP contribution in [0.3, 0.4) is 0 Å². The van der Waals surface area contributed by atoms with Crippen LogP contribution < -0.4 is 0 Å². The van der Waals surface area contributed by atoms with Gasteiger partial charge in [0.05, 0.1) is 27.3 Å². The lowest BCUT2D eigenvalue weighted by atomic mass is 9.72. The Bertz CT molecular complexity index is 616. The first-order valence-electron chi connectivity index (χ1n) is 7.01. The lowest BCUT2D eigenvalue weighted by molar-refractivity contribution is 0.348.